The van der Waals surface area contributed by atoms with Gasteiger partial charge in [-0.1, -0.05) is 35.5 Å². The molecule has 146 valence electrons. The first-order valence-corrected chi connectivity index (χ1v) is 9.43. The van der Waals surface area contributed by atoms with E-state index in [0.29, 0.717) is 31.1 Å². The van der Waals surface area contributed by atoms with E-state index in [1.165, 1.54) is 5.56 Å². The number of carbonyl (C=O) groups excluding carboxylic acids is 1. The van der Waals surface area contributed by atoms with Crippen LogP contribution < -0.4 is 5.32 Å². The molecule has 0 saturated heterocycles. The van der Waals surface area contributed by atoms with Crippen LogP contribution in [0.4, 0.5) is 0 Å². The Labute approximate surface area is 164 Å². The van der Waals surface area contributed by atoms with Crippen molar-refractivity contribution >= 4 is 5.91 Å². The van der Waals surface area contributed by atoms with Gasteiger partial charge in [-0.05, 0) is 37.7 Å². The third-order valence-electron chi connectivity index (χ3n) is 4.29. The lowest BCUT2D eigenvalue weighted by atomic mass is 10.2. The average molecular weight is 379 g/mol. The van der Waals surface area contributed by atoms with Gasteiger partial charge in [-0.15, -0.1) is 0 Å². The SMILES string of the molecule is CN(CCCNC(=O)CCc1nc(-c2cccnc2)no1)Cc1ccccc1. The Morgan fingerprint density at radius 3 is 2.82 bits per heavy atom. The van der Waals surface area contributed by atoms with Gasteiger partial charge in [-0.25, -0.2) is 0 Å². The number of nitrogens with one attached hydrogen (secondary N) is 1. The third-order valence-corrected chi connectivity index (χ3v) is 4.29. The van der Waals surface area contributed by atoms with Crippen LogP contribution >= 0.6 is 0 Å². The molecule has 0 spiro atoms. The molecule has 0 aliphatic rings. The summed E-state index contributed by atoms with van der Waals surface area (Å²) in [6.45, 7) is 2.49. The number of amides is 1. The Morgan fingerprint density at radius 2 is 2.04 bits per heavy atom. The number of hydrogen-bond acceptors (Lipinski definition) is 6. The number of benzene rings is 1. The molecule has 7 heteroatoms. The van der Waals surface area contributed by atoms with Gasteiger partial charge in [0.25, 0.3) is 0 Å². The molecule has 0 fully saturated rings. The topological polar surface area (TPSA) is 84.2 Å². The van der Waals surface area contributed by atoms with Crippen LogP contribution in [0.3, 0.4) is 0 Å². The van der Waals surface area contributed by atoms with Gasteiger partial charge < -0.3 is 14.7 Å². The highest BCUT2D eigenvalue weighted by Crippen LogP contribution is 2.14. The van der Waals surface area contributed by atoms with Crippen molar-refractivity contribution < 1.29 is 9.32 Å². The van der Waals surface area contributed by atoms with E-state index in [2.05, 4.69) is 44.5 Å². The zero-order valence-electron chi connectivity index (χ0n) is 16.0. The monoisotopic (exact) mass is 379 g/mol. The Morgan fingerprint density at radius 1 is 1.18 bits per heavy atom. The molecule has 0 aliphatic heterocycles. The summed E-state index contributed by atoms with van der Waals surface area (Å²) in [5, 5.41) is 6.88. The molecule has 2 aromatic heterocycles. The number of hydrogen-bond donors (Lipinski definition) is 1. The molecule has 0 radical (unpaired) electrons. The molecule has 0 unspecified atom stereocenters. The number of pyridine rings is 1. The predicted octanol–water partition coefficient (Wildman–Crippen LogP) is 2.70. The van der Waals surface area contributed by atoms with Gasteiger partial charge in [0.15, 0.2) is 0 Å². The Balaban J connectivity index is 1.31. The normalized spacial score (nSPS) is 10.9. The summed E-state index contributed by atoms with van der Waals surface area (Å²) in [6, 6.07) is 14.0. The highest BCUT2D eigenvalue weighted by molar-refractivity contribution is 5.75. The van der Waals surface area contributed by atoms with Gasteiger partial charge in [-0.3, -0.25) is 9.78 Å². The van der Waals surface area contributed by atoms with Crippen LogP contribution in [0.25, 0.3) is 11.4 Å². The Hall–Kier alpha value is -3.06. The van der Waals surface area contributed by atoms with Crippen molar-refractivity contribution in [3.05, 3.63) is 66.3 Å². The van der Waals surface area contributed by atoms with Gasteiger partial charge in [0.05, 0.1) is 0 Å². The molecule has 28 heavy (non-hydrogen) atoms. The van der Waals surface area contributed by atoms with Crippen LogP contribution in [0.1, 0.15) is 24.3 Å². The largest absolute Gasteiger partial charge is 0.356 e. The fourth-order valence-corrected chi connectivity index (χ4v) is 2.83. The predicted molar refractivity (Wildman–Crippen MR) is 106 cm³/mol. The van der Waals surface area contributed by atoms with E-state index in [-0.39, 0.29) is 5.91 Å². The van der Waals surface area contributed by atoms with E-state index in [9.17, 15) is 4.79 Å². The maximum absolute atomic E-state index is 12.0. The summed E-state index contributed by atoms with van der Waals surface area (Å²) in [5.74, 6) is 0.938. The first-order chi connectivity index (χ1) is 13.7. The van der Waals surface area contributed by atoms with E-state index in [1.807, 2.05) is 30.3 Å². The van der Waals surface area contributed by atoms with Crippen LogP contribution in [0.15, 0.2) is 59.4 Å². The van der Waals surface area contributed by atoms with Crippen LogP contribution in [0.2, 0.25) is 0 Å². The van der Waals surface area contributed by atoms with E-state index >= 15 is 0 Å². The Bertz CT molecular complexity index is 852. The van der Waals surface area contributed by atoms with Crippen molar-refractivity contribution in [2.24, 2.45) is 0 Å². The van der Waals surface area contributed by atoms with Crippen LogP contribution in [-0.4, -0.2) is 46.1 Å². The van der Waals surface area contributed by atoms with Crippen LogP contribution in [0.5, 0.6) is 0 Å². The molecule has 0 aliphatic carbocycles. The Kier molecular flexibility index (Phi) is 7.26. The molecule has 0 bridgehead atoms. The van der Waals surface area contributed by atoms with Crippen molar-refractivity contribution in [1.29, 1.82) is 0 Å². The lowest BCUT2D eigenvalue weighted by molar-refractivity contribution is -0.121. The van der Waals surface area contributed by atoms with Crippen molar-refractivity contribution in [3.63, 3.8) is 0 Å². The fraction of sp³-hybridized carbons (Fsp3) is 0.333. The summed E-state index contributed by atoms with van der Waals surface area (Å²) in [4.78, 5) is 22.6. The van der Waals surface area contributed by atoms with Crippen LogP contribution in [-0.2, 0) is 17.8 Å². The molecule has 1 aromatic carbocycles. The van der Waals surface area contributed by atoms with E-state index < -0.39 is 0 Å². The first kappa shape index (κ1) is 19.7. The zero-order valence-corrected chi connectivity index (χ0v) is 16.0. The van der Waals surface area contributed by atoms with Crippen molar-refractivity contribution in [3.8, 4) is 11.4 Å². The molecule has 3 aromatic rings. The number of aromatic nitrogens is 3. The van der Waals surface area contributed by atoms with Crippen molar-refractivity contribution in [1.82, 2.24) is 25.3 Å². The summed E-state index contributed by atoms with van der Waals surface area (Å²) in [6.07, 6.45) is 5.02. The number of nitrogens with zero attached hydrogens (tertiary/aromatic N) is 4. The fourth-order valence-electron chi connectivity index (χ4n) is 2.83. The second-order valence-electron chi connectivity index (χ2n) is 6.68. The minimum absolute atomic E-state index is 0.00756. The van der Waals surface area contributed by atoms with Gasteiger partial charge in [0.1, 0.15) is 0 Å². The van der Waals surface area contributed by atoms with Gasteiger partial charge in [0, 0.05) is 43.9 Å². The zero-order chi connectivity index (χ0) is 19.6. The maximum atomic E-state index is 12.0. The molecular formula is C21H25N5O2. The lowest BCUT2D eigenvalue weighted by Crippen LogP contribution is -2.28. The minimum atomic E-state index is -0.00756. The van der Waals surface area contributed by atoms with E-state index in [0.717, 1.165) is 25.1 Å². The molecule has 0 saturated carbocycles. The van der Waals surface area contributed by atoms with E-state index in [1.54, 1.807) is 12.4 Å². The molecule has 1 amide bonds. The number of aryl methyl sites for hydroxylation is 1. The smallest absolute Gasteiger partial charge is 0.227 e. The van der Waals surface area contributed by atoms with E-state index in [4.69, 9.17) is 4.52 Å². The molecule has 7 nitrogen and oxygen atoms in total. The standard InChI is InChI=1S/C21H25N5O2/c1-26(16-17-7-3-2-4-8-17)14-6-13-23-19(27)10-11-20-24-21(25-28-20)18-9-5-12-22-15-18/h2-5,7-9,12,15H,6,10-11,13-14,16H2,1H3,(H,23,27). The molecule has 0 atom stereocenters. The molecule has 3 rings (SSSR count). The lowest BCUT2D eigenvalue weighted by Gasteiger charge is -2.16. The maximum Gasteiger partial charge on any atom is 0.227 e. The van der Waals surface area contributed by atoms with Gasteiger partial charge >= 0.3 is 0 Å². The minimum Gasteiger partial charge on any atom is -0.356 e. The number of carbonyl (C=O) groups is 1. The van der Waals surface area contributed by atoms with Gasteiger partial charge in [-0.2, -0.15) is 4.98 Å². The first-order valence-electron chi connectivity index (χ1n) is 9.43. The summed E-state index contributed by atoms with van der Waals surface area (Å²) in [5.41, 5.74) is 2.08. The van der Waals surface area contributed by atoms with Gasteiger partial charge in [0.2, 0.25) is 17.6 Å². The highest BCUT2D eigenvalue weighted by Gasteiger charge is 2.10. The molecule has 1 N–H and O–H groups in total. The summed E-state index contributed by atoms with van der Waals surface area (Å²) < 4.78 is 5.21. The average Bonchev–Trinajstić information content (AvgIpc) is 3.20. The van der Waals surface area contributed by atoms with Crippen molar-refractivity contribution in [2.75, 3.05) is 20.1 Å². The summed E-state index contributed by atoms with van der Waals surface area (Å²) >= 11 is 0. The third kappa shape index (κ3) is 6.28. The second-order valence-corrected chi connectivity index (χ2v) is 6.68. The quantitative estimate of drug-likeness (QED) is 0.545. The molecule has 2 heterocycles. The molecular weight excluding hydrogens is 354 g/mol. The van der Waals surface area contributed by atoms with Crippen LogP contribution in [0, 0.1) is 0 Å². The highest BCUT2D eigenvalue weighted by atomic mass is 16.5. The number of rotatable bonds is 10. The summed E-state index contributed by atoms with van der Waals surface area (Å²) in [7, 11) is 2.09. The van der Waals surface area contributed by atoms with Crippen molar-refractivity contribution in [2.45, 2.75) is 25.8 Å². The second kappa shape index (κ2) is 10.3.